The fraction of sp³-hybridized carbons (Fsp3) is 0. The number of phenols is 1. The van der Waals surface area contributed by atoms with Crippen LogP contribution < -0.4 is 9.64 Å². The lowest BCUT2D eigenvalue weighted by Gasteiger charge is -2.15. The Morgan fingerprint density at radius 2 is 1.55 bits per heavy atom. The number of aromatic hydroxyl groups is 1. The predicted molar refractivity (Wildman–Crippen MR) is 104 cm³/mol. The summed E-state index contributed by atoms with van der Waals surface area (Å²) < 4.78 is 5.63. The van der Waals surface area contributed by atoms with Gasteiger partial charge in [-0.15, -0.1) is 0 Å². The van der Waals surface area contributed by atoms with Crippen LogP contribution in [0, 0.1) is 10.1 Å². The van der Waals surface area contributed by atoms with Crippen molar-refractivity contribution in [3.05, 3.63) is 86.9 Å². The number of nitro benzene ring substituents is 1. The van der Waals surface area contributed by atoms with Gasteiger partial charge in [0.1, 0.15) is 17.2 Å². The van der Waals surface area contributed by atoms with Crippen LogP contribution >= 0.6 is 11.6 Å². The standard InChI is InChI=1S/C20H11ClN2O6/c21-11-1-8-18(24)17(9-11)22-19(25)15-7-6-14(10-16(15)20(22)26)29-13-4-2-12(3-5-13)23(27)28/h1-10,24H. The van der Waals surface area contributed by atoms with Crippen molar-refractivity contribution >= 4 is 34.8 Å². The number of carbonyl (C=O) groups is 2. The zero-order valence-electron chi connectivity index (χ0n) is 14.5. The quantitative estimate of drug-likeness (QED) is 0.384. The lowest BCUT2D eigenvalue weighted by atomic mass is 10.1. The lowest BCUT2D eigenvalue weighted by Crippen LogP contribution is -2.29. The molecule has 2 amide bonds. The molecule has 0 aromatic heterocycles. The summed E-state index contributed by atoms with van der Waals surface area (Å²) in [4.78, 5) is 36.6. The van der Waals surface area contributed by atoms with Crippen LogP contribution in [0.3, 0.4) is 0 Å². The summed E-state index contributed by atoms with van der Waals surface area (Å²) >= 11 is 5.93. The van der Waals surface area contributed by atoms with Gasteiger partial charge in [0, 0.05) is 17.2 Å². The maximum Gasteiger partial charge on any atom is 0.269 e. The molecule has 0 bridgehead atoms. The molecular formula is C20H11ClN2O6. The minimum Gasteiger partial charge on any atom is -0.506 e. The lowest BCUT2D eigenvalue weighted by molar-refractivity contribution is -0.384. The SMILES string of the molecule is O=C1c2ccc(Oc3ccc([N+](=O)[O-])cc3)cc2C(=O)N1c1cc(Cl)ccc1O. The molecule has 0 unspecified atom stereocenters. The molecule has 3 aromatic carbocycles. The van der Waals surface area contributed by atoms with Crippen molar-refractivity contribution in [3.8, 4) is 17.2 Å². The van der Waals surface area contributed by atoms with Gasteiger partial charge in [-0.25, -0.2) is 4.90 Å². The molecule has 1 aliphatic heterocycles. The maximum absolute atomic E-state index is 12.8. The van der Waals surface area contributed by atoms with Gasteiger partial charge in [0.15, 0.2) is 0 Å². The van der Waals surface area contributed by atoms with Crippen LogP contribution in [0.4, 0.5) is 11.4 Å². The van der Waals surface area contributed by atoms with Crippen molar-refractivity contribution in [1.29, 1.82) is 0 Å². The van der Waals surface area contributed by atoms with Crippen LogP contribution in [0.15, 0.2) is 60.7 Å². The first-order valence-electron chi connectivity index (χ1n) is 8.29. The number of nitrogens with zero attached hydrogens (tertiary/aromatic N) is 2. The number of hydrogen-bond acceptors (Lipinski definition) is 6. The molecular weight excluding hydrogens is 400 g/mol. The molecule has 1 heterocycles. The number of carbonyl (C=O) groups excluding carboxylic acids is 2. The molecule has 29 heavy (non-hydrogen) atoms. The number of fused-ring (bicyclic) bond motifs is 1. The van der Waals surface area contributed by atoms with E-state index in [4.69, 9.17) is 16.3 Å². The maximum atomic E-state index is 12.8. The molecule has 0 atom stereocenters. The average molecular weight is 411 g/mol. The molecule has 0 radical (unpaired) electrons. The molecule has 0 aliphatic carbocycles. The van der Waals surface area contributed by atoms with Crippen molar-refractivity contribution < 1.29 is 24.4 Å². The van der Waals surface area contributed by atoms with Crippen molar-refractivity contribution in [3.63, 3.8) is 0 Å². The van der Waals surface area contributed by atoms with Crippen LogP contribution in [0.2, 0.25) is 5.02 Å². The number of hydrogen-bond donors (Lipinski definition) is 1. The molecule has 144 valence electrons. The van der Waals surface area contributed by atoms with Crippen LogP contribution in [0.25, 0.3) is 0 Å². The summed E-state index contributed by atoms with van der Waals surface area (Å²) in [5.41, 5.74) is 0.171. The van der Waals surface area contributed by atoms with Gasteiger partial charge in [-0.3, -0.25) is 19.7 Å². The van der Waals surface area contributed by atoms with E-state index in [-0.39, 0.29) is 39.0 Å². The van der Waals surface area contributed by atoms with E-state index < -0.39 is 16.7 Å². The van der Waals surface area contributed by atoms with Crippen molar-refractivity contribution in [2.75, 3.05) is 4.90 Å². The van der Waals surface area contributed by atoms with Gasteiger partial charge in [0.05, 0.1) is 21.7 Å². The normalized spacial score (nSPS) is 12.8. The average Bonchev–Trinajstić information content (AvgIpc) is 2.94. The van der Waals surface area contributed by atoms with Gasteiger partial charge in [-0.1, -0.05) is 11.6 Å². The summed E-state index contributed by atoms with van der Waals surface area (Å²) in [6.07, 6.45) is 0. The number of imide groups is 1. The summed E-state index contributed by atoms with van der Waals surface area (Å²) in [5, 5.41) is 21.0. The minimum absolute atomic E-state index is 0.0125. The first-order chi connectivity index (χ1) is 13.8. The highest BCUT2D eigenvalue weighted by atomic mass is 35.5. The van der Waals surface area contributed by atoms with Gasteiger partial charge in [-0.2, -0.15) is 0 Å². The number of anilines is 1. The molecule has 0 fully saturated rings. The molecule has 0 spiro atoms. The third-order valence-corrected chi connectivity index (χ3v) is 4.55. The molecule has 0 saturated heterocycles. The van der Waals surface area contributed by atoms with E-state index in [1.54, 1.807) is 0 Å². The van der Waals surface area contributed by atoms with E-state index >= 15 is 0 Å². The largest absolute Gasteiger partial charge is 0.506 e. The molecule has 3 aromatic rings. The van der Waals surface area contributed by atoms with E-state index in [0.717, 1.165) is 4.90 Å². The summed E-state index contributed by atoms with van der Waals surface area (Å²) in [6.45, 7) is 0. The monoisotopic (exact) mass is 410 g/mol. The topological polar surface area (TPSA) is 110 Å². The highest BCUT2D eigenvalue weighted by Gasteiger charge is 2.38. The fourth-order valence-corrected chi connectivity index (χ4v) is 3.12. The second-order valence-corrected chi connectivity index (χ2v) is 6.58. The zero-order valence-corrected chi connectivity index (χ0v) is 15.3. The molecule has 0 saturated carbocycles. The van der Waals surface area contributed by atoms with Crippen LogP contribution in [0.5, 0.6) is 17.2 Å². The Labute approximate surface area is 168 Å². The number of nitro groups is 1. The zero-order chi connectivity index (χ0) is 20.7. The number of non-ortho nitro benzene ring substituents is 1. The third kappa shape index (κ3) is 3.26. The Balaban J connectivity index is 1.65. The Hall–Kier alpha value is -3.91. The Bertz CT molecular complexity index is 1180. The van der Waals surface area contributed by atoms with Gasteiger partial charge in [0.2, 0.25) is 0 Å². The second-order valence-electron chi connectivity index (χ2n) is 6.14. The van der Waals surface area contributed by atoms with Crippen molar-refractivity contribution in [1.82, 2.24) is 0 Å². The van der Waals surface area contributed by atoms with Crippen molar-refractivity contribution in [2.24, 2.45) is 0 Å². The molecule has 8 nitrogen and oxygen atoms in total. The van der Waals surface area contributed by atoms with E-state index in [0.29, 0.717) is 5.75 Å². The molecule has 4 rings (SSSR count). The number of rotatable bonds is 4. The number of benzene rings is 3. The number of ether oxygens (including phenoxy) is 1. The van der Waals surface area contributed by atoms with Crippen LogP contribution in [-0.2, 0) is 0 Å². The number of halogens is 1. The van der Waals surface area contributed by atoms with E-state index in [1.165, 1.54) is 60.7 Å². The van der Waals surface area contributed by atoms with Crippen molar-refractivity contribution in [2.45, 2.75) is 0 Å². The Morgan fingerprint density at radius 3 is 2.24 bits per heavy atom. The van der Waals surface area contributed by atoms with E-state index in [9.17, 15) is 24.8 Å². The third-order valence-electron chi connectivity index (χ3n) is 4.32. The minimum atomic E-state index is -0.628. The second kappa shape index (κ2) is 6.92. The Kier molecular flexibility index (Phi) is 4.40. The van der Waals surface area contributed by atoms with Crippen LogP contribution in [0.1, 0.15) is 20.7 Å². The number of amides is 2. The molecule has 9 heteroatoms. The van der Waals surface area contributed by atoms with Gasteiger partial charge < -0.3 is 9.84 Å². The van der Waals surface area contributed by atoms with Gasteiger partial charge >= 0.3 is 0 Å². The summed E-state index contributed by atoms with van der Waals surface area (Å²) in [6, 6.07) is 13.8. The first kappa shape index (κ1) is 18.5. The smallest absolute Gasteiger partial charge is 0.269 e. The fourth-order valence-electron chi connectivity index (χ4n) is 2.95. The summed E-state index contributed by atoms with van der Waals surface area (Å²) in [5.74, 6) is -0.875. The van der Waals surface area contributed by atoms with Gasteiger partial charge in [0.25, 0.3) is 17.5 Å². The van der Waals surface area contributed by atoms with Gasteiger partial charge in [-0.05, 0) is 48.5 Å². The predicted octanol–water partition coefficient (Wildman–Crippen LogP) is 4.55. The molecule has 1 aliphatic rings. The first-order valence-corrected chi connectivity index (χ1v) is 8.66. The highest BCUT2D eigenvalue weighted by molar-refractivity contribution is 6.36. The van der Waals surface area contributed by atoms with E-state index in [1.807, 2.05) is 0 Å². The molecule has 1 N–H and O–H groups in total. The van der Waals surface area contributed by atoms with Crippen LogP contribution in [-0.4, -0.2) is 21.8 Å². The Morgan fingerprint density at radius 1 is 0.897 bits per heavy atom. The summed E-state index contributed by atoms with van der Waals surface area (Å²) in [7, 11) is 0. The number of phenolic OH excluding ortho intramolecular Hbond substituents is 1. The highest BCUT2D eigenvalue weighted by Crippen LogP contribution is 2.37. The van der Waals surface area contributed by atoms with E-state index in [2.05, 4.69) is 0 Å².